The molecule has 1 amide bonds. The van der Waals surface area contributed by atoms with E-state index >= 15 is 0 Å². The molecule has 1 saturated carbocycles. The van der Waals surface area contributed by atoms with E-state index in [1.54, 1.807) is 0 Å². The molecular formula is C26H34FIN4O. The van der Waals surface area contributed by atoms with Crippen molar-refractivity contribution in [2.24, 2.45) is 10.9 Å². The van der Waals surface area contributed by atoms with E-state index in [0.29, 0.717) is 13.0 Å². The molecule has 0 radical (unpaired) electrons. The highest BCUT2D eigenvalue weighted by Gasteiger charge is 2.44. The van der Waals surface area contributed by atoms with Gasteiger partial charge in [-0.25, -0.2) is 4.39 Å². The first-order valence-corrected chi connectivity index (χ1v) is 11.7. The van der Waals surface area contributed by atoms with Gasteiger partial charge < -0.3 is 15.5 Å². The van der Waals surface area contributed by atoms with Crippen LogP contribution in [-0.4, -0.2) is 49.5 Å². The van der Waals surface area contributed by atoms with Crippen LogP contribution in [0.4, 0.5) is 4.39 Å². The monoisotopic (exact) mass is 564 g/mol. The number of benzene rings is 2. The number of nitrogens with zero attached hydrogens (tertiary/aromatic N) is 2. The van der Waals surface area contributed by atoms with Crippen molar-refractivity contribution >= 4 is 35.8 Å². The molecule has 0 aromatic heterocycles. The van der Waals surface area contributed by atoms with Crippen LogP contribution in [0.25, 0.3) is 0 Å². The summed E-state index contributed by atoms with van der Waals surface area (Å²) in [5.41, 5.74) is 2.46. The lowest BCUT2D eigenvalue weighted by Gasteiger charge is -2.19. The van der Waals surface area contributed by atoms with Crippen molar-refractivity contribution < 1.29 is 9.18 Å². The minimum absolute atomic E-state index is 0. The van der Waals surface area contributed by atoms with Gasteiger partial charge in [0.05, 0.1) is 6.54 Å². The highest BCUT2D eigenvalue weighted by molar-refractivity contribution is 14.0. The minimum atomic E-state index is -0.202. The van der Waals surface area contributed by atoms with Crippen molar-refractivity contribution in [3.8, 4) is 0 Å². The van der Waals surface area contributed by atoms with Crippen LogP contribution in [0.2, 0.25) is 0 Å². The average Bonchev–Trinajstić information content (AvgIpc) is 3.51. The molecule has 33 heavy (non-hydrogen) atoms. The van der Waals surface area contributed by atoms with Crippen LogP contribution in [-0.2, 0) is 16.6 Å². The zero-order chi connectivity index (χ0) is 22.4. The third-order valence-electron chi connectivity index (χ3n) is 6.56. The Morgan fingerprint density at radius 3 is 2.52 bits per heavy atom. The molecule has 2 N–H and O–H groups in total. The van der Waals surface area contributed by atoms with Crippen molar-refractivity contribution in [1.82, 2.24) is 15.5 Å². The molecule has 1 heterocycles. The van der Waals surface area contributed by atoms with Gasteiger partial charge in [-0.05, 0) is 49.4 Å². The molecule has 2 fully saturated rings. The van der Waals surface area contributed by atoms with Crippen LogP contribution in [0.1, 0.15) is 37.3 Å². The van der Waals surface area contributed by atoms with Gasteiger partial charge in [-0.15, -0.1) is 24.0 Å². The van der Waals surface area contributed by atoms with Crippen LogP contribution in [0.3, 0.4) is 0 Å². The van der Waals surface area contributed by atoms with E-state index in [2.05, 4.69) is 29.7 Å². The molecule has 1 atom stereocenters. The first-order chi connectivity index (χ1) is 15.6. The number of amides is 1. The Hall–Kier alpha value is -2.16. The molecule has 1 aliphatic carbocycles. The predicted molar refractivity (Wildman–Crippen MR) is 142 cm³/mol. The van der Waals surface area contributed by atoms with Crippen LogP contribution in [0, 0.1) is 11.7 Å². The van der Waals surface area contributed by atoms with Gasteiger partial charge in [0.25, 0.3) is 0 Å². The molecule has 2 aromatic carbocycles. The van der Waals surface area contributed by atoms with E-state index in [1.807, 2.05) is 35.2 Å². The van der Waals surface area contributed by atoms with Crippen LogP contribution < -0.4 is 10.6 Å². The van der Waals surface area contributed by atoms with Crippen molar-refractivity contribution in [2.75, 3.05) is 32.7 Å². The van der Waals surface area contributed by atoms with Gasteiger partial charge in [0.2, 0.25) is 5.91 Å². The maximum atomic E-state index is 13.3. The largest absolute Gasteiger partial charge is 0.357 e. The number of carbonyl (C=O) groups is 1. The Balaban J connectivity index is 0.00000306. The predicted octanol–water partition coefficient (Wildman–Crippen LogP) is 4.12. The lowest BCUT2D eigenvalue weighted by atomic mass is 9.96. The van der Waals surface area contributed by atoms with Gasteiger partial charge in [0.15, 0.2) is 5.96 Å². The van der Waals surface area contributed by atoms with Gasteiger partial charge in [0.1, 0.15) is 5.82 Å². The normalized spacial score (nSPS) is 19.2. The number of likely N-dealkylation sites (tertiary alicyclic amines) is 1. The quantitative estimate of drug-likeness (QED) is 0.274. The second-order valence-electron chi connectivity index (χ2n) is 9.01. The number of nitrogens with one attached hydrogen (secondary N) is 2. The highest BCUT2D eigenvalue weighted by Crippen LogP contribution is 2.48. The SMILES string of the molecule is CCNC(=NCC1(c2ccc(F)cc2)CC1)NCC1CC(=O)N(CCc2ccccc2)C1.I. The molecule has 2 aliphatic rings. The molecule has 1 unspecified atom stereocenters. The average molecular weight is 564 g/mol. The highest BCUT2D eigenvalue weighted by atomic mass is 127. The summed E-state index contributed by atoms with van der Waals surface area (Å²) in [7, 11) is 0. The summed E-state index contributed by atoms with van der Waals surface area (Å²) in [4.78, 5) is 19.3. The fourth-order valence-electron chi connectivity index (χ4n) is 4.42. The number of carbonyl (C=O) groups excluding carboxylic acids is 1. The maximum absolute atomic E-state index is 13.3. The van der Waals surface area contributed by atoms with Gasteiger partial charge in [-0.3, -0.25) is 9.79 Å². The molecule has 1 saturated heterocycles. The smallest absolute Gasteiger partial charge is 0.223 e. The summed E-state index contributed by atoms with van der Waals surface area (Å²) in [6.45, 7) is 5.80. The second kappa shape index (κ2) is 11.8. The molecule has 0 spiro atoms. The van der Waals surface area contributed by atoms with E-state index in [0.717, 1.165) is 57.0 Å². The lowest BCUT2D eigenvalue weighted by Crippen LogP contribution is -2.40. The number of rotatable bonds is 9. The minimum Gasteiger partial charge on any atom is -0.357 e. The number of hydrogen-bond donors (Lipinski definition) is 2. The first kappa shape index (κ1) is 25.5. The first-order valence-electron chi connectivity index (χ1n) is 11.7. The zero-order valence-corrected chi connectivity index (χ0v) is 21.6. The zero-order valence-electron chi connectivity index (χ0n) is 19.2. The third kappa shape index (κ3) is 6.91. The van der Waals surface area contributed by atoms with Gasteiger partial charge in [-0.1, -0.05) is 42.5 Å². The number of guanidine groups is 1. The van der Waals surface area contributed by atoms with Gasteiger partial charge in [0, 0.05) is 43.9 Å². The molecule has 4 rings (SSSR count). The standard InChI is InChI=1S/C26H33FN4O.HI/c1-2-28-25(30-19-26(13-14-26)22-8-10-23(27)11-9-22)29-17-21-16-24(32)31(18-21)15-12-20-6-4-3-5-7-20;/h3-11,21H,2,12-19H2,1H3,(H2,28,29,30);1H. The lowest BCUT2D eigenvalue weighted by molar-refractivity contribution is -0.127. The molecule has 0 bridgehead atoms. The van der Waals surface area contributed by atoms with Crippen molar-refractivity contribution in [3.05, 3.63) is 71.5 Å². The summed E-state index contributed by atoms with van der Waals surface area (Å²) in [5, 5.41) is 6.76. The van der Waals surface area contributed by atoms with Gasteiger partial charge >= 0.3 is 0 Å². The fraction of sp³-hybridized carbons (Fsp3) is 0.462. The number of halogens is 2. The molecule has 5 nitrogen and oxygen atoms in total. The Labute approximate surface area is 213 Å². The molecular weight excluding hydrogens is 530 g/mol. The summed E-state index contributed by atoms with van der Waals surface area (Å²) < 4.78 is 13.3. The summed E-state index contributed by atoms with van der Waals surface area (Å²) in [5.74, 6) is 1.11. The Bertz CT molecular complexity index is 931. The van der Waals surface area contributed by atoms with Crippen molar-refractivity contribution in [1.29, 1.82) is 0 Å². The van der Waals surface area contributed by atoms with E-state index in [-0.39, 0.29) is 47.0 Å². The van der Waals surface area contributed by atoms with Crippen molar-refractivity contribution in [3.63, 3.8) is 0 Å². The molecule has 2 aromatic rings. The van der Waals surface area contributed by atoms with E-state index in [9.17, 15) is 9.18 Å². The molecule has 7 heteroatoms. The van der Waals surface area contributed by atoms with E-state index in [1.165, 1.54) is 17.7 Å². The summed E-state index contributed by atoms with van der Waals surface area (Å²) in [6.07, 6.45) is 3.63. The summed E-state index contributed by atoms with van der Waals surface area (Å²) in [6, 6.07) is 17.1. The Morgan fingerprint density at radius 2 is 1.85 bits per heavy atom. The number of hydrogen-bond acceptors (Lipinski definition) is 2. The Kier molecular flexibility index (Phi) is 9.11. The molecule has 178 valence electrons. The van der Waals surface area contributed by atoms with E-state index in [4.69, 9.17) is 4.99 Å². The van der Waals surface area contributed by atoms with Crippen LogP contribution >= 0.6 is 24.0 Å². The Morgan fingerprint density at radius 1 is 1.12 bits per heavy atom. The summed E-state index contributed by atoms with van der Waals surface area (Å²) >= 11 is 0. The van der Waals surface area contributed by atoms with Gasteiger partial charge in [-0.2, -0.15) is 0 Å². The second-order valence-corrected chi connectivity index (χ2v) is 9.01. The van der Waals surface area contributed by atoms with Crippen LogP contribution in [0.5, 0.6) is 0 Å². The number of aliphatic imine (C=N–C) groups is 1. The third-order valence-corrected chi connectivity index (χ3v) is 6.56. The topological polar surface area (TPSA) is 56.7 Å². The maximum Gasteiger partial charge on any atom is 0.223 e. The molecule has 1 aliphatic heterocycles. The van der Waals surface area contributed by atoms with Crippen molar-refractivity contribution in [2.45, 2.75) is 38.0 Å². The van der Waals surface area contributed by atoms with Crippen LogP contribution in [0.15, 0.2) is 59.6 Å². The fourth-order valence-corrected chi connectivity index (χ4v) is 4.42. The van der Waals surface area contributed by atoms with E-state index < -0.39 is 0 Å².